The van der Waals surface area contributed by atoms with Gasteiger partial charge in [0.15, 0.2) is 0 Å². The average molecular weight is 187 g/mol. The first-order valence-corrected chi connectivity index (χ1v) is 6.19. The van der Waals surface area contributed by atoms with Crippen molar-refractivity contribution in [3.63, 3.8) is 0 Å². The molecule has 1 saturated carbocycles. The van der Waals surface area contributed by atoms with Gasteiger partial charge >= 0.3 is 0 Å². The molecule has 0 spiro atoms. The van der Waals surface area contributed by atoms with E-state index >= 15 is 0 Å². The van der Waals surface area contributed by atoms with E-state index in [4.69, 9.17) is 0 Å². The van der Waals surface area contributed by atoms with Crippen LogP contribution in [0.2, 0.25) is 0 Å². The zero-order chi connectivity index (χ0) is 9.03. The van der Waals surface area contributed by atoms with E-state index in [1.54, 1.807) is 0 Å². The lowest BCUT2D eigenvalue weighted by Gasteiger charge is -2.28. The van der Waals surface area contributed by atoms with Crippen molar-refractivity contribution in [1.82, 2.24) is 5.32 Å². The van der Waals surface area contributed by atoms with Gasteiger partial charge in [-0.25, -0.2) is 0 Å². The summed E-state index contributed by atoms with van der Waals surface area (Å²) in [6, 6.07) is 0.634. The Balaban J connectivity index is 2.34. The standard InChI is InChI=1S/C10H21NS/c1-9(2)11-8-10(12-3)6-4-5-7-10/h9,11H,4-8H2,1-3H3. The van der Waals surface area contributed by atoms with Crippen molar-refractivity contribution in [3.8, 4) is 0 Å². The van der Waals surface area contributed by atoms with E-state index in [9.17, 15) is 0 Å². The van der Waals surface area contributed by atoms with E-state index < -0.39 is 0 Å². The predicted octanol–water partition coefficient (Wildman–Crippen LogP) is 2.66. The predicted molar refractivity (Wildman–Crippen MR) is 57.9 cm³/mol. The van der Waals surface area contributed by atoms with Crippen molar-refractivity contribution in [2.24, 2.45) is 0 Å². The molecule has 0 unspecified atom stereocenters. The Morgan fingerprint density at radius 1 is 1.33 bits per heavy atom. The van der Waals surface area contributed by atoms with Crippen LogP contribution in [0.1, 0.15) is 39.5 Å². The van der Waals surface area contributed by atoms with Gasteiger partial charge in [-0.15, -0.1) is 0 Å². The highest BCUT2D eigenvalue weighted by molar-refractivity contribution is 8.00. The summed E-state index contributed by atoms with van der Waals surface area (Å²) in [6.45, 7) is 5.65. The van der Waals surface area contributed by atoms with Gasteiger partial charge in [0.1, 0.15) is 0 Å². The molecular weight excluding hydrogens is 166 g/mol. The Bertz CT molecular complexity index is 128. The van der Waals surface area contributed by atoms with Gasteiger partial charge in [-0.2, -0.15) is 11.8 Å². The highest BCUT2D eigenvalue weighted by atomic mass is 32.2. The first-order chi connectivity index (χ1) is 5.68. The largest absolute Gasteiger partial charge is 0.313 e. The van der Waals surface area contributed by atoms with E-state index in [0.717, 1.165) is 0 Å². The summed E-state index contributed by atoms with van der Waals surface area (Å²) in [5.74, 6) is 0. The molecule has 0 radical (unpaired) electrons. The molecule has 0 heterocycles. The van der Waals surface area contributed by atoms with E-state index in [2.05, 4.69) is 37.2 Å². The normalized spacial score (nSPS) is 22.0. The second-order valence-corrected chi connectivity index (χ2v) is 5.40. The monoisotopic (exact) mass is 187 g/mol. The fourth-order valence-corrected chi connectivity index (χ4v) is 2.79. The molecule has 1 rings (SSSR count). The molecule has 0 bridgehead atoms. The molecule has 1 aliphatic rings. The smallest absolute Gasteiger partial charge is 0.0281 e. The average Bonchev–Trinajstić information content (AvgIpc) is 2.50. The Hall–Kier alpha value is 0.310. The third-order valence-corrected chi connectivity index (χ3v) is 4.20. The van der Waals surface area contributed by atoms with Gasteiger partial charge in [-0.1, -0.05) is 26.7 Å². The van der Waals surface area contributed by atoms with Crippen molar-refractivity contribution in [1.29, 1.82) is 0 Å². The molecule has 0 amide bonds. The zero-order valence-electron chi connectivity index (χ0n) is 8.52. The summed E-state index contributed by atoms with van der Waals surface area (Å²) >= 11 is 2.06. The summed E-state index contributed by atoms with van der Waals surface area (Å²) in [7, 11) is 0. The fraction of sp³-hybridized carbons (Fsp3) is 1.00. The van der Waals surface area contributed by atoms with Crippen LogP contribution in [0.15, 0.2) is 0 Å². The Labute approximate surface area is 80.7 Å². The van der Waals surface area contributed by atoms with Crippen LogP contribution >= 0.6 is 11.8 Å². The SMILES string of the molecule is CSC1(CNC(C)C)CCCC1. The van der Waals surface area contributed by atoms with Crippen LogP contribution in [0.5, 0.6) is 0 Å². The molecule has 0 aromatic carbocycles. The lowest BCUT2D eigenvalue weighted by atomic mass is 10.1. The Kier molecular flexibility index (Phi) is 3.91. The molecule has 1 nitrogen and oxygen atoms in total. The molecular formula is C10H21NS. The third kappa shape index (κ3) is 2.67. The van der Waals surface area contributed by atoms with Crippen LogP contribution in [0, 0.1) is 0 Å². The maximum absolute atomic E-state index is 3.56. The van der Waals surface area contributed by atoms with Crippen molar-refractivity contribution in [2.75, 3.05) is 12.8 Å². The van der Waals surface area contributed by atoms with E-state index in [1.165, 1.54) is 32.2 Å². The lowest BCUT2D eigenvalue weighted by Crippen LogP contribution is -2.38. The summed E-state index contributed by atoms with van der Waals surface area (Å²) in [4.78, 5) is 0. The van der Waals surface area contributed by atoms with Gasteiger partial charge in [0.25, 0.3) is 0 Å². The van der Waals surface area contributed by atoms with Crippen LogP contribution in [-0.2, 0) is 0 Å². The van der Waals surface area contributed by atoms with E-state index in [1.807, 2.05) is 0 Å². The summed E-state index contributed by atoms with van der Waals surface area (Å²) in [5.41, 5.74) is 0. The minimum Gasteiger partial charge on any atom is -0.313 e. The van der Waals surface area contributed by atoms with Gasteiger partial charge in [-0.05, 0) is 19.1 Å². The van der Waals surface area contributed by atoms with Crippen molar-refractivity contribution < 1.29 is 0 Å². The van der Waals surface area contributed by atoms with Crippen molar-refractivity contribution >= 4 is 11.8 Å². The number of hydrogen-bond acceptors (Lipinski definition) is 2. The molecule has 0 aromatic heterocycles. The van der Waals surface area contributed by atoms with Crippen molar-refractivity contribution in [2.45, 2.75) is 50.3 Å². The topological polar surface area (TPSA) is 12.0 Å². The molecule has 12 heavy (non-hydrogen) atoms. The molecule has 0 saturated heterocycles. The zero-order valence-corrected chi connectivity index (χ0v) is 9.34. The van der Waals surface area contributed by atoms with Gasteiger partial charge in [0.05, 0.1) is 0 Å². The molecule has 0 aromatic rings. The quantitative estimate of drug-likeness (QED) is 0.726. The number of rotatable bonds is 4. The minimum atomic E-state index is 0.574. The number of thioether (sulfide) groups is 1. The molecule has 2 heteroatoms. The molecule has 1 fully saturated rings. The second-order valence-electron chi connectivity index (χ2n) is 4.13. The third-order valence-electron chi connectivity index (χ3n) is 2.78. The highest BCUT2D eigenvalue weighted by Crippen LogP contribution is 2.39. The van der Waals surface area contributed by atoms with Crippen LogP contribution in [0.25, 0.3) is 0 Å². The molecule has 72 valence electrons. The maximum Gasteiger partial charge on any atom is 0.0281 e. The summed E-state index contributed by atoms with van der Waals surface area (Å²) < 4.78 is 0.574. The van der Waals surface area contributed by atoms with Gasteiger partial charge in [-0.3, -0.25) is 0 Å². The first kappa shape index (κ1) is 10.4. The van der Waals surface area contributed by atoms with Gasteiger partial charge in [0.2, 0.25) is 0 Å². The molecule has 1 N–H and O–H groups in total. The summed E-state index contributed by atoms with van der Waals surface area (Å²) in [6.07, 6.45) is 7.94. The van der Waals surface area contributed by atoms with Crippen LogP contribution in [-0.4, -0.2) is 23.6 Å². The van der Waals surface area contributed by atoms with Gasteiger partial charge in [0, 0.05) is 17.3 Å². The summed E-state index contributed by atoms with van der Waals surface area (Å²) in [5, 5.41) is 3.56. The van der Waals surface area contributed by atoms with Crippen LogP contribution in [0.4, 0.5) is 0 Å². The molecule has 0 atom stereocenters. The second kappa shape index (κ2) is 4.52. The molecule has 0 aliphatic heterocycles. The Morgan fingerprint density at radius 3 is 2.33 bits per heavy atom. The number of nitrogens with one attached hydrogen (secondary N) is 1. The van der Waals surface area contributed by atoms with E-state index in [0.29, 0.717) is 10.8 Å². The first-order valence-electron chi connectivity index (χ1n) is 4.97. The molecule has 1 aliphatic carbocycles. The highest BCUT2D eigenvalue weighted by Gasteiger charge is 2.32. The van der Waals surface area contributed by atoms with Crippen molar-refractivity contribution in [3.05, 3.63) is 0 Å². The van der Waals surface area contributed by atoms with Crippen LogP contribution < -0.4 is 5.32 Å². The number of hydrogen-bond donors (Lipinski definition) is 1. The van der Waals surface area contributed by atoms with E-state index in [-0.39, 0.29) is 0 Å². The maximum atomic E-state index is 3.56. The minimum absolute atomic E-state index is 0.574. The Morgan fingerprint density at radius 2 is 1.92 bits per heavy atom. The lowest BCUT2D eigenvalue weighted by molar-refractivity contribution is 0.494. The fourth-order valence-electron chi connectivity index (χ4n) is 1.86. The van der Waals surface area contributed by atoms with Gasteiger partial charge < -0.3 is 5.32 Å². The van der Waals surface area contributed by atoms with Crippen LogP contribution in [0.3, 0.4) is 0 Å².